The molecule has 1 aliphatic heterocycles. The molecule has 2 nitrogen and oxygen atoms in total. The van der Waals surface area contributed by atoms with E-state index in [9.17, 15) is 9.18 Å². The molecule has 16 heavy (non-hydrogen) atoms. The number of rotatable bonds is 2. The number of amides is 1. The van der Waals surface area contributed by atoms with Gasteiger partial charge in [0.15, 0.2) is 0 Å². The molecule has 0 spiro atoms. The number of benzene rings is 1. The first-order valence-electron chi connectivity index (χ1n) is 5.00. The van der Waals surface area contributed by atoms with E-state index in [1.165, 1.54) is 17.0 Å². The monoisotopic (exact) mass is 239 g/mol. The average molecular weight is 240 g/mol. The van der Waals surface area contributed by atoms with Crippen molar-refractivity contribution in [1.29, 1.82) is 0 Å². The number of anilines is 1. The van der Waals surface area contributed by atoms with E-state index in [1.54, 1.807) is 12.1 Å². The Bertz CT molecular complexity index is 426. The molecule has 0 radical (unpaired) electrons. The van der Waals surface area contributed by atoms with Crippen molar-refractivity contribution in [2.24, 2.45) is 5.92 Å². The number of hydrogen-bond donors (Lipinski definition) is 0. The van der Waals surface area contributed by atoms with Gasteiger partial charge in [0.05, 0.1) is 10.7 Å². The number of hydrogen-bond acceptors (Lipinski definition) is 1. The normalized spacial score (nSPS) is 20.2. The molecular weight excluding hydrogens is 229 g/mol. The van der Waals surface area contributed by atoms with Crippen LogP contribution in [0.1, 0.15) is 6.42 Å². The van der Waals surface area contributed by atoms with Gasteiger partial charge in [0, 0.05) is 18.9 Å². The van der Waals surface area contributed by atoms with Gasteiger partial charge in [-0.05, 0) is 12.1 Å². The maximum atomic E-state index is 13.6. The summed E-state index contributed by atoms with van der Waals surface area (Å²) in [5.74, 6) is -0.509. The molecule has 1 heterocycles. The predicted molar refractivity (Wildman–Crippen MR) is 62.1 cm³/mol. The molecule has 0 bridgehead atoms. The molecule has 1 fully saturated rings. The smallest absolute Gasteiger partial charge is 0.227 e. The van der Waals surface area contributed by atoms with Gasteiger partial charge in [-0.15, -0.1) is 6.58 Å². The standard InChI is InChI=1S/C12H11ClFNO/c1-2-8-6-11(16)15(7-8)12-9(13)4-3-5-10(12)14/h2-5,8H,1,6-7H2. The summed E-state index contributed by atoms with van der Waals surface area (Å²) in [5.41, 5.74) is 0.179. The lowest BCUT2D eigenvalue weighted by Crippen LogP contribution is -2.25. The summed E-state index contributed by atoms with van der Waals surface area (Å²) in [6.07, 6.45) is 2.08. The summed E-state index contributed by atoms with van der Waals surface area (Å²) in [6, 6.07) is 4.40. The van der Waals surface area contributed by atoms with Crippen LogP contribution in [0, 0.1) is 11.7 Å². The van der Waals surface area contributed by atoms with Crippen LogP contribution in [-0.2, 0) is 4.79 Å². The maximum absolute atomic E-state index is 13.6. The first-order valence-corrected chi connectivity index (χ1v) is 5.38. The van der Waals surface area contributed by atoms with E-state index >= 15 is 0 Å². The molecule has 0 N–H and O–H groups in total. The Kier molecular flexibility index (Phi) is 2.97. The number of carbonyl (C=O) groups excluding carboxylic acids is 1. The van der Waals surface area contributed by atoms with Crippen molar-refractivity contribution in [3.63, 3.8) is 0 Å². The van der Waals surface area contributed by atoms with Crippen molar-refractivity contribution in [3.05, 3.63) is 41.7 Å². The quantitative estimate of drug-likeness (QED) is 0.727. The summed E-state index contributed by atoms with van der Waals surface area (Å²) in [5, 5.41) is 0.262. The molecule has 0 saturated carbocycles. The number of para-hydroxylation sites is 1. The molecule has 2 rings (SSSR count). The fourth-order valence-corrected chi connectivity index (χ4v) is 2.12. The minimum atomic E-state index is -0.467. The van der Waals surface area contributed by atoms with Crippen LogP contribution in [0.5, 0.6) is 0 Å². The Morgan fingerprint density at radius 1 is 1.56 bits per heavy atom. The van der Waals surface area contributed by atoms with Gasteiger partial charge in [-0.1, -0.05) is 23.7 Å². The Morgan fingerprint density at radius 3 is 2.88 bits per heavy atom. The molecular formula is C12H11ClFNO. The third-order valence-corrected chi connectivity index (χ3v) is 3.00. The molecule has 1 aromatic carbocycles. The van der Waals surface area contributed by atoms with Crippen LogP contribution >= 0.6 is 11.6 Å². The highest BCUT2D eigenvalue weighted by Gasteiger charge is 2.31. The lowest BCUT2D eigenvalue weighted by Gasteiger charge is -2.18. The Labute approximate surface area is 98.3 Å². The molecule has 0 aliphatic carbocycles. The largest absolute Gasteiger partial charge is 0.308 e. The topological polar surface area (TPSA) is 20.3 Å². The van der Waals surface area contributed by atoms with E-state index in [4.69, 9.17) is 11.6 Å². The first-order chi connectivity index (χ1) is 7.63. The summed E-state index contributed by atoms with van der Waals surface area (Å²) < 4.78 is 13.6. The van der Waals surface area contributed by atoms with Crippen molar-refractivity contribution in [2.75, 3.05) is 11.4 Å². The third-order valence-electron chi connectivity index (χ3n) is 2.70. The molecule has 1 atom stereocenters. The SMILES string of the molecule is C=CC1CC(=O)N(c2c(F)cccc2Cl)C1. The van der Waals surface area contributed by atoms with Crippen LogP contribution in [0.3, 0.4) is 0 Å². The molecule has 84 valence electrons. The maximum Gasteiger partial charge on any atom is 0.227 e. The highest BCUT2D eigenvalue weighted by Crippen LogP contribution is 2.33. The molecule has 4 heteroatoms. The second kappa shape index (κ2) is 4.26. The third kappa shape index (κ3) is 1.83. The van der Waals surface area contributed by atoms with Crippen LogP contribution in [0.25, 0.3) is 0 Å². The van der Waals surface area contributed by atoms with Gasteiger partial charge in [0.25, 0.3) is 0 Å². The zero-order chi connectivity index (χ0) is 11.7. The van der Waals surface area contributed by atoms with Crippen LogP contribution in [-0.4, -0.2) is 12.5 Å². The van der Waals surface area contributed by atoms with Crippen molar-refractivity contribution in [1.82, 2.24) is 0 Å². The number of halogens is 2. The van der Waals surface area contributed by atoms with E-state index in [2.05, 4.69) is 6.58 Å². The summed E-state index contributed by atoms with van der Waals surface area (Å²) in [6.45, 7) is 4.09. The van der Waals surface area contributed by atoms with Crippen molar-refractivity contribution in [2.45, 2.75) is 6.42 Å². The van der Waals surface area contributed by atoms with Gasteiger partial charge in [-0.2, -0.15) is 0 Å². The van der Waals surface area contributed by atoms with Gasteiger partial charge in [-0.25, -0.2) is 4.39 Å². The average Bonchev–Trinajstić information content (AvgIpc) is 2.60. The lowest BCUT2D eigenvalue weighted by molar-refractivity contribution is -0.117. The lowest BCUT2D eigenvalue weighted by atomic mass is 10.1. The van der Waals surface area contributed by atoms with Gasteiger partial charge < -0.3 is 4.90 Å². The van der Waals surface area contributed by atoms with E-state index in [1.807, 2.05) is 0 Å². The summed E-state index contributed by atoms with van der Waals surface area (Å²) in [4.78, 5) is 13.1. The van der Waals surface area contributed by atoms with E-state index in [0.29, 0.717) is 13.0 Å². The van der Waals surface area contributed by atoms with Crippen LogP contribution in [0.2, 0.25) is 5.02 Å². The van der Waals surface area contributed by atoms with Crippen molar-refractivity contribution in [3.8, 4) is 0 Å². The number of carbonyl (C=O) groups is 1. The minimum Gasteiger partial charge on any atom is -0.308 e. The second-order valence-corrected chi connectivity index (χ2v) is 4.18. The number of nitrogens with zero attached hydrogens (tertiary/aromatic N) is 1. The highest BCUT2D eigenvalue weighted by atomic mass is 35.5. The van der Waals surface area contributed by atoms with Crippen molar-refractivity contribution >= 4 is 23.2 Å². The van der Waals surface area contributed by atoms with Crippen LogP contribution < -0.4 is 4.90 Å². The van der Waals surface area contributed by atoms with E-state index in [0.717, 1.165) is 0 Å². The zero-order valence-electron chi connectivity index (χ0n) is 8.62. The summed E-state index contributed by atoms with van der Waals surface area (Å²) in [7, 11) is 0. The van der Waals surface area contributed by atoms with Gasteiger partial charge in [0.1, 0.15) is 5.82 Å². The van der Waals surface area contributed by atoms with Gasteiger partial charge in [0.2, 0.25) is 5.91 Å². The van der Waals surface area contributed by atoms with Crippen LogP contribution in [0.4, 0.5) is 10.1 Å². The predicted octanol–water partition coefficient (Wildman–Crippen LogP) is 3.02. The fraction of sp³-hybridized carbons (Fsp3) is 0.250. The molecule has 1 unspecified atom stereocenters. The zero-order valence-corrected chi connectivity index (χ0v) is 9.38. The van der Waals surface area contributed by atoms with Gasteiger partial charge >= 0.3 is 0 Å². The van der Waals surface area contributed by atoms with E-state index in [-0.39, 0.29) is 22.5 Å². The molecule has 1 amide bonds. The Morgan fingerprint density at radius 2 is 2.31 bits per heavy atom. The van der Waals surface area contributed by atoms with Crippen LogP contribution in [0.15, 0.2) is 30.9 Å². The molecule has 1 saturated heterocycles. The van der Waals surface area contributed by atoms with Crippen molar-refractivity contribution < 1.29 is 9.18 Å². The van der Waals surface area contributed by atoms with E-state index < -0.39 is 5.82 Å². The summed E-state index contributed by atoms with van der Waals surface area (Å²) >= 11 is 5.91. The van der Waals surface area contributed by atoms with Gasteiger partial charge in [-0.3, -0.25) is 4.79 Å². The second-order valence-electron chi connectivity index (χ2n) is 3.77. The Balaban J connectivity index is 2.38. The molecule has 0 aromatic heterocycles. The fourth-order valence-electron chi connectivity index (χ4n) is 1.86. The Hall–Kier alpha value is -1.35. The molecule has 1 aliphatic rings. The highest BCUT2D eigenvalue weighted by molar-refractivity contribution is 6.33. The molecule has 1 aromatic rings. The first kappa shape index (κ1) is 11.1. The minimum absolute atomic E-state index is 0.0724.